The summed E-state index contributed by atoms with van der Waals surface area (Å²) >= 11 is 0. The zero-order valence-electron chi connectivity index (χ0n) is 20.3. The van der Waals surface area contributed by atoms with E-state index in [4.69, 9.17) is 0 Å². The lowest BCUT2D eigenvalue weighted by Crippen LogP contribution is -2.25. The van der Waals surface area contributed by atoms with Crippen LogP contribution in [0.5, 0.6) is 0 Å². The van der Waals surface area contributed by atoms with Gasteiger partial charge in [0.25, 0.3) is 0 Å². The minimum Gasteiger partial charge on any atom is -0.313 e. The third-order valence-electron chi connectivity index (χ3n) is 5.73. The molecule has 0 aliphatic heterocycles. The van der Waals surface area contributed by atoms with Crippen LogP contribution >= 0.6 is 0 Å². The maximum Gasteiger partial charge on any atom is 0.437 e. The number of rotatable bonds is 6. The van der Waals surface area contributed by atoms with Gasteiger partial charge in [0.1, 0.15) is 11.6 Å². The smallest absolute Gasteiger partial charge is 0.313 e. The second kappa shape index (κ2) is 10.4. The zero-order valence-corrected chi connectivity index (χ0v) is 21.1. The van der Waals surface area contributed by atoms with Gasteiger partial charge in [-0.1, -0.05) is 17.3 Å². The number of alkyl halides is 3. The molecule has 3 aromatic carbocycles. The molecule has 0 atom stereocenters. The van der Waals surface area contributed by atoms with E-state index in [1.807, 2.05) is 0 Å². The van der Waals surface area contributed by atoms with Crippen LogP contribution in [0.25, 0.3) is 16.9 Å². The predicted octanol–water partition coefficient (Wildman–Crippen LogP) is 6.26. The highest BCUT2D eigenvalue weighted by Crippen LogP contribution is 2.34. The molecular formula is C27H19F5N2O4S. The molecular weight excluding hydrogens is 543 g/mol. The molecule has 0 aliphatic rings. The monoisotopic (exact) mass is 562 g/mol. The summed E-state index contributed by atoms with van der Waals surface area (Å²) in [6.07, 6.45) is -4.05. The van der Waals surface area contributed by atoms with Gasteiger partial charge in [0, 0.05) is 23.2 Å². The molecule has 0 N–H and O–H groups in total. The van der Waals surface area contributed by atoms with Gasteiger partial charge in [0.05, 0.1) is 16.2 Å². The number of carbonyl (C=O) groups excluding carboxylic acids is 1. The Bertz CT molecular complexity index is 1660. The Hall–Kier alpha value is -4.32. The highest BCUT2D eigenvalue weighted by atomic mass is 32.2. The Kier molecular flexibility index (Phi) is 7.42. The molecule has 1 aromatic heterocycles. The van der Waals surface area contributed by atoms with Gasteiger partial charge in [-0.05, 0) is 79.2 Å². The fourth-order valence-electron chi connectivity index (χ4n) is 3.83. The number of carbonyl (C=O) groups is 1. The van der Waals surface area contributed by atoms with Crippen LogP contribution in [-0.4, -0.2) is 37.1 Å². The quantitative estimate of drug-likeness (QED) is 0.120. The highest BCUT2D eigenvalue weighted by Gasteiger charge is 2.40. The second-order valence-electron chi connectivity index (χ2n) is 8.46. The number of oxime groups is 1. The van der Waals surface area contributed by atoms with Crippen molar-refractivity contribution in [2.45, 2.75) is 18.0 Å². The molecule has 202 valence electrons. The normalized spacial score (nSPS) is 12.4. The van der Waals surface area contributed by atoms with E-state index in [1.165, 1.54) is 47.9 Å². The van der Waals surface area contributed by atoms with E-state index >= 15 is 0 Å². The van der Waals surface area contributed by atoms with Crippen LogP contribution in [0, 0.1) is 18.6 Å². The standard InChI is InChI=1S/C27H19F5N2O4S/c1-16-23(25(27(30,31)32)33-38-26(35)18-3-7-19(28)8-4-18)15-24(34(16)21-11-9-20(29)10-12-21)17-5-13-22(14-6-17)39(2,36)37/h3-15H,1-2H3/b33-25-. The number of halogens is 5. The topological polar surface area (TPSA) is 77.7 Å². The Morgan fingerprint density at radius 2 is 1.41 bits per heavy atom. The summed E-state index contributed by atoms with van der Waals surface area (Å²) in [5, 5.41) is 3.12. The van der Waals surface area contributed by atoms with Gasteiger partial charge in [-0.25, -0.2) is 22.0 Å². The molecule has 0 radical (unpaired) electrons. The summed E-state index contributed by atoms with van der Waals surface area (Å²) in [6.45, 7) is 1.37. The molecule has 0 bridgehead atoms. The predicted molar refractivity (Wildman–Crippen MR) is 133 cm³/mol. The van der Waals surface area contributed by atoms with Gasteiger partial charge in [-0.2, -0.15) is 13.2 Å². The van der Waals surface area contributed by atoms with Gasteiger partial charge in [0.15, 0.2) is 15.5 Å². The van der Waals surface area contributed by atoms with Crippen LogP contribution in [0.15, 0.2) is 88.9 Å². The SMILES string of the molecule is Cc1c(/C(=N/OC(=O)c2ccc(F)cc2)C(F)(F)F)cc(-c2ccc(S(C)(=O)=O)cc2)n1-c1ccc(F)cc1. The van der Waals surface area contributed by atoms with Crippen LogP contribution < -0.4 is 0 Å². The summed E-state index contributed by atoms with van der Waals surface area (Å²) in [6, 6.07) is 15.6. The largest absolute Gasteiger partial charge is 0.437 e. The Labute approximate surface area is 219 Å². The summed E-state index contributed by atoms with van der Waals surface area (Å²) in [5.41, 5.74) is -1.29. The molecule has 0 amide bonds. The Morgan fingerprint density at radius 3 is 1.92 bits per heavy atom. The van der Waals surface area contributed by atoms with E-state index in [9.17, 15) is 35.2 Å². The summed E-state index contributed by atoms with van der Waals surface area (Å²) in [4.78, 5) is 16.8. The second-order valence-corrected chi connectivity index (χ2v) is 10.5. The average molecular weight is 563 g/mol. The van der Waals surface area contributed by atoms with Crippen molar-refractivity contribution in [3.63, 3.8) is 0 Å². The van der Waals surface area contributed by atoms with E-state index in [2.05, 4.69) is 9.99 Å². The van der Waals surface area contributed by atoms with Crippen LogP contribution in [-0.2, 0) is 14.7 Å². The van der Waals surface area contributed by atoms with Crippen molar-refractivity contribution in [2.75, 3.05) is 6.26 Å². The van der Waals surface area contributed by atoms with E-state index in [-0.39, 0.29) is 21.8 Å². The zero-order chi connectivity index (χ0) is 28.5. The molecule has 6 nitrogen and oxygen atoms in total. The van der Waals surface area contributed by atoms with Crippen molar-refractivity contribution >= 4 is 21.5 Å². The minimum atomic E-state index is -5.07. The first-order valence-corrected chi connectivity index (χ1v) is 13.1. The third kappa shape index (κ3) is 6.06. The molecule has 0 aliphatic carbocycles. The fourth-order valence-corrected chi connectivity index (χ4v) is 4.46. The Morgan fingerprint density at radius 1 is 0.872 bits per heavy atom. The van der Waals surface area contributed by atoms with Crippen LogP contribution in [0.2, 0.25) is 0 Å². The average Bonchev–Trinajstić information content (AvgIpc) is 3.20. The first kappa shape index (κ1) is 27.7. The summed E-state index contributed by atoms with van der Waals surface area (Å²) < 4.78 is 94.4. The highest BCUT2D eigenvalue weighted by molar-refractivity contribution is 7.90. The van der Waals surface area contributed by atoms with Crippen LogP contribution in [0.1, 0.15) is 21.6 Å². The number of benzene rings is 3. The molecule has 4 rings (SSSR count). The molecule has 1 heterocycles. The first-order valence-electron chi connectivity index (χ1n) is 11.2. The maximum absolute atomic E-state index is 14.2. The van der Waals surface area contributed by atoms with Crippen LogP contribution in [0.3, 0.4) is 0 Å². The third-order valence-corrected chi connectivity index (χ3v) is 6.86. The van der Waals surface area contributed by atoms with E-state index in [1.54, 1.807) is 0 Å². The molecule has 0 spiro atoms. The Balaban J connectivity index is 1.86. The molecule has 39 heavy (non-hydrogen) atoms. The lowest BCUT2D eigenvalue weighted by atomic mass is 10.1. The number of sulfone groups is 1. The van der Waals surface area contributed by atoms with Crippen molar-refractivity contribution < 1.29 is 40.0 Å². The van der Waals surface area contributed by atoms with Gasteiger partial charge in [-0.15, -0.1) is 0 Å². The molecule has 0 saturated heterocycles. The number of aromatic nitrogens is 1. The lowest BCUT2D eigenvalue weighted by molar-refractivity contribution is -0.0605. The summed E-state index contributed by atoms with van der Waals surface area (Å²) in [7, 11) is -3.53. The van der Waals surface area contributed by atoms with Crippen molar-refractivity contribution in [1.29, 1.82) is 0 Å². The van der Waals surface area contributed by atoms with E-state index < -0.39 is 44.9 Å². The van der Waals surface area contributed by atoms with Crippen LogP contribution in [0.4, 0.5) is 22.0 Å². The number of hydrogen-bond acceptors (Lipinski definition) is 5. The van der Waals surface area contributed by atoms with Crippen molar-refractivity contribution in [2.24, 2.45) is 5.16 Å². The lowest BCUT2D eigenvalue weighted by Gasteiger charge is -2.14. The number of nitrogens with zero attached hydrogens (tertiary/aromatic N) is 2. The van der Waals surface area contributed by atoms with Crippen molar-refractivity contribution in [3.05, 3.63) is 107 Å². The summed E-state index contributed by atoms with van der Waals surface area (Å²) in [5.74, 6) is -2.45. The number of hydrogen-bond donors (Lipinski definition) is 0. The van der Waals surface area contributed by atoms with Gasteiger partial charge in [-0.3, -0.25) is 0 Å². The van der Waals surface area contributed by atoms with E-state index in [0.29, 0.717) is 11.3 Å². The van der Waals surface area contributed by atoms with Gasteiger partial charge in [0.2, 0.25) is 0 Å². The first-order chi connectivity index (χ1) is 18.3. The maximum atomic E-state index is 14.2. The van der Waals surface area contributed by atoms with Crippen molar-refractivity contribution in [3.8, 4) is 16.9 Å². The molecule has 0 fully saturated rings. The molecule has 4 aromatic rings. The minimum absolute atomic E-state index is 0.00772. The van der Waals surface area contributed by atoms with E-state index in [0.717, 1.165) is 48.7 Å². The van der Waals surface area contributed by atoms with Gasteiger partial charge < -0.3 is 9.40 Å². The fraction of sp³-hybridized carbons (Fsp3) is 0.111. The molecule has 12 heteroatoms. The van der Waals surface area contributed by atoms with Crippen molar-refractivity contribution in [1.82, 2.24) is 4.57 Å². The molecule has 0 unspecified atom stereocenters. The molecule has 0 saturated carbocycles. The van der Waals surface area contributed by atoms with Gasteiger partial charge >= 0.3 is 12.1 Å².